The van der Waals surface area contributed by atoms with E-state index in [9.17, 15) is 0 Å². The zero-order chi connectivity index (χ0) is 9.19. The van der Waals surface area contributed by atoms with E-state index in [2.05, 4.69) is 26.8 Å². The molecule has 1 aliphatic rings. The molecule has 0 bridgehead atoms. The van der Waals surface area contributed by atoms with Gasteiger partial charge in [0, 0.05) is 7.11 Å². The molecule has 0 spiro atoms. The van der Waals surface area contributed by atoms with Gasteiger partial charge in [-0.25, -0.2) is 0 Å². The highest BCUT2D eigenvalue weighted by Gasteiger charge is 2.29. The summed E-state index contributed by atoms with van der Waals surface area (Å²) in [6, 6.07) is 0. The Hall–Kier alpha value is -0.300. The first-order valence-electron chi connectivity index (χ1n) is 4.77. The molecule has 0 aromatic carbocycles. The molecule has 12 heavy (non-hydrogen) atoms. The van der Waals surface area contributed by atoms with Gasteiger partial charge < -0.3 is 4.74 Å². The van der Waals surface area contributed by atoms with Crippen molar-refractivity contribution in [2.24, 2.45) is 5.92 Å². The van der Waals surface area contributed by atoms with E-state index in [1.165, 1.54) is 24.8 Å². The smallest absolute Gasteiger partial charge is 0.0653 e. The standard InChI is InChI=1S/C11H20O/c1-9-5-7-10(8-6-9)11(2,3)12-4/h5,10H,6-8H2,1-4H3. The summed E-state index contributed by atoms with van der Waals surface area (Å²) < 4.78 is 5.48. The summed E-state index contributed by atoms with van der Waals surface area (Å²) in [6.45, 7) is 6.59. The maximum Gasteiger partial charge on any atom is 0.0653 e. The molecule has 0 aliphatic heterocycles. The maximum absolute atomic E-state index is 5.48. The third kappa shape index (κ3) is 2.10. The largest absolute Gasteiger partial charge is 0.379 e. The van der Waals surface area contributed by atoms with E-state index in [0.717, 1.165) is 0 Å². The van der Waals surface area contributed by atoms with Crippen LogP contribution in [-0.2, 0) is 4.74 Å². The molecule has 0 fully saturated rings. The predicted octanol–water partition coefficient (Wildman–Crippen LogP) is 3.16. The van der Waals surface area contributed by atoms with E-state index >= 15 is 0 Å². The van der Waals surface area contributed by atoms with Crippen molar-refractivity contribution >= 4 is 0 Å². The van der Waals surface area contributed by atoms with Gasteiger partial charge >= 0.3 is 0 Å². The lowest BCUT2D eigenvalue weighted by atomic mass is 9.80. The Bertz CT molecular complexity index is 179. The summed E-state index contributed by atoms with van der Waals surface area (Å²) in [6.07, 6.45) is 6.07. The van der Waals surface area contributed by atoms with Crippen LogP contribution in [0.25, 0.3) is 0 Å². The molecular weight excluding hydrogens is 148 g/mol. The number of methoxy groups -OCH3 is 1. The Labute approximate surface area is 75.8 Å². The second-order valence-electron chi connectivity index (χ2n) is 4.33. The Morgan fingerprint density at radius 1 is 1.50 bits per heavy atom. The number of allylic oxidation sites excluding steroid dienone is 2. The second kappa shape index (κ2) is 3.61. The lowest BCUT2D eigenvalue weighted by Crippen LogP contribution is -2.34. The van der Waals surface area contributed by atoms with Crippen LogP contribution >= 0.6 is 0 Å². The van der Waals surface area contributed by atoms with E-state index in [0.29, 0.717) is 5.92 Å². The van der Waals surface area contributed by atoms with E-state index in [1.54, 1.807) is 0 Å². The minimum Gasteiger partial charge on any atom is -0.379 e. The van der Waals surface area contributed by atoms with Crippen molar-refractivity contribution in [3.63, 3.8) is 0 Å². The minimum atomic E-state index is 0.0528. The molecule has 70 valence electrons. The Kier molecular flexibility index (Phi) is 2.94. The van der Waals surface area contributed by atoms with Crippen LogP contribution in [0.4, 0.5) is 0 Å². The van der Waals surface area contributed by atoms with E-state index < -0.39 is 0 Å². The van der Waals surface area contributed by atoms with Crippen LogP contribution in [0.15, 0.2) is 11.6 Å². The van der Waals surface area contributed by atoms with E-state index in [4.69, 9.17) is 4.74 Å². The van der Waals surface area contributed by atoms with Crippen LogP contribution < -0.4 is 0 Å². The summed E-state index contributed by atoms with van der Waals surface area (Å²) in [5.41, 5.74) is 1.59. The average molecular weight is 168 g/mol. The molecule has 1 nitrogen and oxygen atoms in total. The fourth-order valence-electron chi connectivity index (χ4n) is 1.76. The van der Waals surface area contributed by atoms with Crippen molar-refractivity contribution in [3.05, 3.63) is 11.6 Å². The SMILES string of the molecule is COC(C)(C)C1CC=C(C)CC1. The molecule has 0 saturated carbocycles. The molecule has 0 heterocycles. The highest BCUT2D eigenvalue weighted by Crippen LogP contribution is 2.33. The number of hydrogen-bond donors (Lipinski definition) is 0. The molecule has 1 rings (SSSR count). The van der Waals surface area contributed by atoms with Gasteiger partial charge in [0.1, 0.15) is 0 Å². The van der Waals surface area contributed by atoms with Crippen molar-refractivity contribution in [1.82, 2.24) is 0 Å². The first-order valence-corrected chi connectivity index (χ1v) is 4.77. The highest BCUT2D eigenvalue weighted by atomic mass is 16.5. The third-order valence-electron chi connectivity index (χ3n) is 3.15. The predicted molar refractivity (Wildman–Crippen MR) is 52.2 cm³/mol. The van der Waals surface area contributed by atoms with Gasteiger partial charge in [0.2, 0.25) is 0 Å². The monoisotopic (exact) mass is 168 g/mol. The van der Waals surface area contributed by atoms with Crippen LogP contribution in [-0.4, -0.2) is 12.7 Å². The summed E-state index contributed by atoms with van der Waals surface area (Å²) in [5, 5.41) is 0. The van der Waals surface area contributed by atoms with Gasteiger partial charge in [-0.1, -0.05) is 11.6 Å². The van der Waals surface area contributed by atoms with E-state index in [-0.39, 0.29) is 5.60 Å². The summed E-state index contributed by atoms with van der Waals surface area (Å²) in [5.74, 6) is 0.700. The number of hydrogen-bond acceptors (Lipinski definition) is 1. The normalized spacial score (nSPS) is 25.3. The summed E-state index contributed by atoms with van der Waals surface area (Å²) in [4.78, 5) is 0. The first kappa shape index (κ1) is 9.79. The van der Waals surface area contributed by atoms with Crippen molar-refractivity contribution in [3.8, 4) is 0 Å². The van der Waals surface area contributed by atoms with Crippen molar-refractivity contribution in [1.29, 1.82) is 0 Å². The highest BCUT2D eigenvalue weighted by molar-refractivity contribution is 5.05. The molecule has 1 aliphatic carbocycles. The zero-order valence-electron chi connectivity index (χ0n) is 8.68. The molecule has 0 N–H and O–H groups in total. The zero-order valence-corrected chi connectivity index (χ0v) is 8.68. The summed E-state index contributed by atoms with van der Waals surface area (Å²) >= 11 is 0. The van der Waals surface area contributed by atoms with Gasteiger partial charge in [0.25, 0.3) is 0 Å². The molecular formula is C11H20O. The third-order valence-corrected chi connectivity index (χ3v) is 3.15. The Morgan fingerprint density at radius 2 is 2.17 bits per heavy atom. The molecule has 1 unspecified atom stereocenters. The van der Waals surface area contributed by atoms with Crippen LogP contribution in [0.2, 0.25) is 0 Å². The summed E-state index contributed by atoms with van der Waals surface area (Å²) in [7, 11) is 1.81. The van der Waals surface area contributed by atoms with Crippen LogP contribution in [0, 0.1) is 5.92 Å². The minimum absolute atomic E-state index is 0.0528. The average Bonchev–Trinajstić information content (AvgIpc) is 2.05. The van der Waals surface area contributed by atoms with Crippen LogP contribution in [0.3, 0.4) is 0 Å². The van der Waals surface area contributed by atoms with Crippen molar-refractivity contribution in [2.75, 3.05) is 7.11 Å². The van der Waals surface area contributed by atoms with Gasteiger partial charge in [0.05, 0.1) is 5.60 Å². The van der Waals surface area contributed by atoms with Crippen LogP contribution in [0.1, 0.15) is 40.0 Å². The molecule has 0 aromatic heterocycles. The van der Waals surface area contributed by atoms with Crippen molar-refractivity contribution in [2.45, 2.75) is 45.6 Å². The first-order chi connectivity index (χ1) is 5.56. The van der Waals surface area contributed by atoms with E-state index in [1.807, 2.05) is 7.11 Å². The second-order valence-corrected chi connectivity index (χ2v) is 4.33. The molecule has 0 aromatic rings. The lowest BCUT2D eigenvalue weighted by Gasteiger charge is -2.34. The molecule has 1 heteroatoms. The van der Waals surface area contributed by atoms with Gasteiger partial charge in [-0.2, -0.15) is 0 Å². The van der Waals surface area contributed by atoms with Gasteiger partial charge in [0.15, 0.2) is 0 Å². The fourth-order valence-corrected chi connectivity index (χ4v) is 1.76. The molecule has 0 saturated heterocycles. The molecule has 1 atom stereocenters. The van der Waals surface area contributed by atoms with Gasteiger partial charge in [-0.3, -0.25) is 0 Å². The maximum atomic E-state index is 5.48. The number of ether oxygens (including phenoxy) is 1. The van der Waals surface area contributed by atoms with Crippen LogP contribution in [0.5, 0.6) is 0 Å². The molecule has 0 amide bonds. The topological polar surface area (TPSA) is 9.23 Å². The van der Waals surface area contributed by atoms with Crippen molar-refractivity contribution < 1.29 is 4.74 Å². The fraction of sp³-hybridized carbons (Fsp3) is 0.818. The Balaban J connectivity index is 2.56. The lowest BCUT2D eigenvalue weighted by molar-refractivity contribution is -0.0312. The van der Waals surface area contributed by atoms with Gasteiger partial charge in [-0.15, -0.1) is 0 Å². The number of rotatable bonds is 2. The molecule has 0 radical (unpaired) electrons. The van der Waals surface area contributed by atoms with Gasteiger partial charge in [-0.05, 0) is 46.0 Å². The quantitative estimate of drug-likeness (QED) is 0.575. The Morgan fingerprint density at radius 3 is 2.58 bits per heavy atom.